The number of allylic oxidation sites excluding steroid dienone is 14. The molecule has 0 heterocycles. The third-order valence-corrected chi connectivity index (χ3v) is 11.1. The molecule has 0 aliphatic rings. The third kappa shape index (κ3) is 49.6. The van der Waals surface area contributed by atoms with Gasteiger partial charge in [0.15, 0.2) is 6.10 Å². The van der Waals surface area contributed by atoms with Crippen LogP contribution >= 0.6 is 0 Å². The van der Waals surface area contributed by atoms with Gasteiger partial charge in [-0.05, 0) is 109 Å². The lowest BCUT2D eigenvalue weighted by molar-refractivity contribution is -0.167. The molecule has 366 valence electrons. The van der Waals surface area contributed by atoms with Gasteiger partial charge in [0.05, 0.1) is 0 Å². The van der Waals surface area contributed by atoms with Crippen molar-refractivity contribution in [2.75, 3.05) is 13.2 Å². The predicted octanol–water partition coefficient (Wildman–Crippen LogP) is 17.6. The van der Waals surface area contributed by atoms with Crippen LogP contribution in [0.15, 0.2) is 85.1 Å². The molecule has 0 fully saturated rings. The Kier molecular flexibility index (Phi) is 49.4. The molecule has 64 heavy (non-hydrogen) atoms. The van der Waals surface area contributed by atoms with Gasteiger partial charge < -0.3 is 14.2 Å². The highest BCUT2D eigenvalue weighted by Crippen LogP contribution is 2.14. The summed E-state index contributed by atoms with van der Waals surface area (Å²) in [4.78, 5) is 38.0. The first-order valence-electron chi connectivity index (χ1n) is 26.6. The van der Waals surface area contributed by atoms with Crippen molar-refractivity contribution in [1.29, 1.82) is 0 Å². The number of esters is 3. The molecule has 0 unspecified atom stereocenters. The highest BCUT2D eigenvalue weighted by molar-refractivity contribution is 5.71. The maximum atomic E-state index is 12.8. The summed E-state index contributed by atoms with van der Waals surface area (Å²) in [6.07, 6.45) is 67.1. The normalized spacial score (nSPS) is 12.7. The van der Waals surface area contributed by atoms with Crippen molar-refractivity contribution in [3.63, 3.8) is 0 Å². The van der Waals surface area contributed by atoms with E-state index in [2.05, 4.69) is 106 Å². The van der Waals surface area contributed by atoms with Gasteiger partial charge in [0.1, 0.15) is 13.2 Å². The maximum Gasteiger partial charge on any atom is 0.306 e. The van der Waals surface area contributed by atoms with Crippen molar-refractivity contribution in [3.05, 3.63) is 85.1 Å². The molecule has 0 bridgehead atoms. The van der Waals surface area contributed by atoms with Gasteiger partial charge in [0.2, 0.25) is 0 Å². The molecule has 6 nitrogen and oxygen atoms in total. The number of hydrogen-bond acceptors (Lipinski definition) is 6. The van der Waals surface area contributed by atoms with Gasteiger partial charge in [-0.15, -0.1) is 0 Å². The van der Waals surface area contributed by atoms with Gasteiger partial charge in [-0.25, -0.2) is 0 Å². The van der Waals surface area contributed by atoms with E-state index in [0.717, 1.165) is 141 Å². The summed E-state index contributed by atoms with van der Waals surface area (Å²) in [5.74, 6) is -0.935. The summed E-state index contributed by atoms with van der Waals surface area (Å²) in [6, 6.07) is 0. The largest absolute Gasteiger partial charge is 0.462 e. The molecule has 0 aliphatic carbocycles. The van der Waals surface area contributed by atoms with E-state index >= 15 is 0 Å². The molecular weight excluding hydrogens is 793 g/mol. The molecule has 0 saturated carbocycles. The molecule has 1 atom stereocenters. The molecule has 0 amide bonds. The minimum Gasteiger partial charge on any atom is -0.462 e. The van der Waals surface area contributed by atoms with Crippen LogP contribution in [0.1, 0.15) is 245 Å². The van der Waals surface area contributed by atoms with E-state index in [4.69, 9.17) is 14.2 Å². The predicted molar refractivity (Wildman–Crippen MR) is 274 cm³/mol. The number of rotatable bonds is 47. The molecule has 0 aromatic carbocycles. The van der Waals surface area contributed by atoms with Crippen molar-refractivity contribution in [2.24, 2.45) is 0 Å². The van der Waals surface area contributed by atoms with Gasteiger partial charge in [-0.1, -0.05) is 202 Å². The lowest BCUT2D eigenvalue weighted by Gasteiger charge is -2.18. The molecule has 0 N–H and O–H groups in total. The Balaban J connectivity index is 4.45. The Labute approximate surface area is 395 Å². The van der Waals surface area contributed by atoms with E-state index in [1.807, 2.05) is 0 Å². The fourth-order valence-corrected chi connectivity index (χ4v) is 7.17. The van der Waals surface area contributed by atoms with Crippen LogP contribution in [-0.2, 0) is 28.6 Å². The first-order valence-corrected chi connectivity index (χ1v) is 26.6. The smallest absolute Gasteiger partial charge is 0.306 e. The maximum absolute atomic E-state index is 12.8. The van der Waals surface area contributed by atoms with Crippen LogP contribution in [0.2, 0.25) is 0 Å². The topological polar surface area (TPSA) is 78.9 Å². The lowest BCUT2D eigenvalue weighted by Crippen LogP contribution is -2.30. The number of hydrogen-bond donors (Lipinski definition) is 0. The first-order chi connectivity index (χ1) is 31.5. The van der Waals surface area contributed by atoms with Crippen molar-refractivity contribution in [2.45, 2.75) is 252 Å². The van der Waals surface area contributed by atoms with E-state index in [9.17, 15) is 14.4 Å². The number of unbranched alkanes of at least 4 members (excludes halogenated alkanes) is 22. The van der Waals surface area contributed by atoms with Gasteiger partial charge in [-0.2, -0.15) is 0 Å². The van der Waals surface area contributed by atoms with Crippen molar-refractivity contribution in [3.8, 4) is 0 Å². The van der Waals surface area contributed by atoms with Crippen LogP contribution in [0, 0.1) is 0 Å². The van der Waals surface area contributed by atoms with Crippen LogP contribution in [0.4, 0.5) is 0 Å². The Hall–Kier alpha value is -3.41. The van der Waals surface area contributed by atoms with Crippen molar-refractivity contribution >= 4 is 17.9 Å². The van der Waals surface area contributed by atoms with Crippen LogP contribution in [-0.4, -0.2) is 37.2 Å². The molecule has 0 aromatic heterocycles. The van der Waals surface area contributed by atoms with Crippen molar-refractivity contribution < 1.29 is 28.6 Å². The van der Waals surface area contributed by atoms with Crippen LogP contribution in [0.25, 0.3) is 0 Å². The minimum atomic E-state index is -0.796. The van der Waals surface area contributed by atoms with Crippen LogP contribution in [0.3, 0.4) is 0 Å². The van der Waals surface area contributed by atoms with Gasteiger partial charge in [0, 0.05) is 19.3 Å². The Morgan fingerprint density at radius 3 is 0.969 bits per heavy atom. The summed E-state index contributed by atoms with van der Waals surface area (Å²) in [5, 5.41) is 0. The molecule has 0 saturated heterocycles. The molecule has 0 aliphatic heterocycles. The van der Waals surface area contributed by atoms with E-state index in [1.165, 1.54) is 64.2 Å². The van der Waals surface area contributed by atoms with Gasteiger partial charge in [0.25, 0.3) is 0 Å². The first kappa shape index (κ1) is 60.6. The lowest BCUT2D eigenvalue weighted by atomic mass is 10.1. The average molecular weight is 891 g/mol. The molecule has 0 aromatic rings. The quantitative estimate of drug-likeness (QED) is 0.0262. The molecular formula is C58H98O6. The Morgan fingerprint density at radius 1 is 0.328 bits per heavy atom. The Bertz CT molecular complexity index is 1250. The fourth-order valence-electron chi connectivity index (χ4n) is 7.17. The summed E-state index contributed by atoms with van der Waals surface area (Å²) in [5.41, 5.74) is 0. The van der Waals surface area contributed by atoms with Gasteiger partial charge >= 0.3 is 17.9 Å². The number of carbonyl (C=O) groups excluding carboxylic acids is 3. The summed E-state index contributed by atoms with van der Waals surface area (Å²) >= 11 is 0. The molecule has 0 radical (unpaired) electrons. The second-order valence-corrected chi connectivity index (χ2v) is 17.4. The molecule has 0 spiro atoms. The second-order valence-electron chi connectivity index (χ2n) is 17.4. The second kappa shape index (κ2) is 52.2. The zero-order valence-corrected chi connectivity index (χ0v) is 41.8. The number of carbonyl (C=O) groups is 3. The Morgan fingerprint density at radius 2 is 0.609 bits per heavy atom. The highest BCUT2D eigenvalue weighted by atomic mass is 16.6. The zero-order valence-electron chi connectivity index (χ0n) is 41.8. The summed E-state index contributed by atoms with van der Waals surface area (Å²) in [6.45, 7) is 6.38. The highest BCUT2D eigenvalue weighted by Gasteiger charge is 2.19. The van der Waals surface area contributed by atoms with Gasteiger partial charge in [-0.3, -0.25) is 14.4 Å². The summed E-state index contributed by atoms with van der Waals surface area (Å²) < 4.78 is 16.8. The van der Waals surface area contributed by atoms with Crippen molar-refractivity contribution in [1.82, 2.24) is 0 Å². The van der Waals surface area contributed by atoms with E-state index < -0.39 is 6.10 Å². The van der Waals surface area contributed by atoms with Crippen LogP contribution in [0.5, 0.6) is 0 Å². The van der Waals surface area contributed by atoms with Crippen LogP contribution < -0.4 is 0 Å². The third-order valence-electron chi connectivity index (χ3n) is 11.1. The fraction of sp³-hybridized carbons (Fsp3) is 0.707. The average Bonchev–Trinajstić information content (AvgIpc) is 3.29. The minimum absolute atomic E-state index is 0.0940. The monoisotopic (exact) mass is 891 g/mol. The number of ether oxygens (including phenoxy) is 3. The van der Waals surface area contributed by atoms with E-state index in [-0.39, 0.29) is 31.1 Å². The molecule has 6 heteroatoms. The molecule has 0 rings (SSSR count). The summed E-state index contributed by atoms with van der Waals surface area (Å²) in [7, 11) is 0. The van der Waals surface area contributed by atoms with E-state index in [1.54, 1.807) is 0 Å². The standard InChI is InChI=1S/C58H98O6/c1-4-7-10-13-16-19-22-25-28-31-33-36-39-42-45-48-51-57(60)63-54-55(64-58(61)52-49-46-43-40-37-34-30-27-24-21-18-15-12-9-6-3)53-62-56(59)50-47-44-41-38-35-32-29-26-23-20-17-14-11-8-5-2/h8-9,11-12,17-18,20-21,26-31,55H,4-7,10,13-16,19,22-25,32-54H2,1-3H3/b11-8-,12-9-,20-17-,21-18-,29-26-,30-27-,31-28-/t55-/m1/s1. The van der Waals surface area contributed by atoms with E-state index in [0.29, 0.717) is 19.3 Å². The zero-order chi connectivity index (χ0) is 46.5. The SMILES string of the molecule is CC/C=C\C/C=C\C/C=C\CCCCCCCC(=O)OC[C@H](COC(=O)CCCCCCC/C=C\CCCCCCCCC)OC(=O)CCCCCCC/C=C\C/C=C\C/C=C\CC.